The lowest BCUT2D eigenvalue weighted by Crippen LogP contribution is -2.23. The molecule has 0 unspecified atom stereocenters. The molecule has 2 heterocycles. The van der Waals surface area contributed by atoms with Gasteiger partial charge in [0.1, 0.15) is 0 Å². The van der Waals surface area contributed by atoms with E-state index in [9.17, 15) is 13.2 Å². The monoisotopic (exact) mass is 306 g/mol. The van der Waals surface area contributed by atoms with Crippen LogP contribution in [-0.4, -0.2) is 29.5 Å². The van der Waals surface area contributed by atoms with Crippen molar-refractivity contribution in [3.8, 4) is 0 Å². The topological polar surface area (TPSA) is 16.1 Å². The number of allylic oxidation sites excluding steroid dienone is 3. The number of pyridine rings is 1. The van der Waals surface area contributed by atoms with Gasteiger partial charge in [0.15, 0.2) is 0 Å². The molecule has 22 heavy (non-hydrogen) atoms. The van der Waals surface area contributed by atoms with E-state index in [-0.39, 0.29) is 0 Å². The fourth-order valence-corrected chi connectivity index (χ4v) is 2.74. The van der Waals surface area contributed by atoms with Crippen molar-refractivity contribution in [1.29, 1.82) is 0 Å². The second kappa shape index (κ2) is 6.08. The summed E-state index contributed by atoms with van der Waals surface area (Å²) in [4.78, 5) is 6.25. The van der Waals surface area contributed by atoms with E-state index < -0.39 is 11.7 Å². The Hall–Kier alpha value is -1.88. The molecule has 0 bridgehead atoms. The first-order valence-electron chi connectivity index (χ1n) is 7.32. The molecule has 1 aromatic heterocycles. The molecule has 0 N–H and O–H groups in total. The molecule has 0 saturated heterocycles. The Bertz CT molecular complexity index is 624. The zero-order chi connectivity index (χ0) is 15.6. The van der Waals surface area contributed by atoms with Crippen LogP contribution in [0, 0.1) is 0 Å². The van der Waals surface area contributed by atoms with Gasteiger partial charge in [-0.25, -0.2) is 0 Å². The Kier molecular flexibility index (Phi) is 4.16. The van der Waals surface area contributed by atoms with Crippen LogP contribution in [0.3, 0.4) is 0 Å². The Morgan fingerprint density at radius 1 is 1.23 bits per heavy atom. The van der Waals surface area contributed by atoms with Crippen LogP contribution in [-0.2, 0) is 6.18 Å². The largest absolute Gasteiger partial charge is 0.417 e. The van der Waals surface area contributed by atoms with E-state index >= 15 is 0 Å². The Labute approximate surface area is 127 Å². The van der Waals surface area contributed by atoms with Crippen molar-refractivity contribution in [3.63, 3.8) is 0 Å². The predicted octanol–water partition coefficient (Wildman–Crippen LogP) is 4.08. The summed E-state index contributed by atoms with van der Waals surface area (Å²) in [6, 6.07) is 2.56. The number of nitrogens with zero attached hydrogens (tertiary/aromatic N) is 2. The van der Waals surface area contributed by atoms with Crippen molar-refractivity contribution in [2.75, 3.05) is 19.6 Å². The third-order valence-electron chi connectivity index (χ3n) is 3.94. The second-order valence-electron chi connectivity index (χ2n) is 5.62. The fraction of sp³-hybridized carbons (Fsp3) is 0.353. The third kappa shape index (κ3) is 3.47. The van der Waals surface area contributed by atoms with Gasteiger partial charge in [-0.2, -0.15) is 13.2 Å². The average Bonchev–Trinajstić information content (AvgIpc) is 2.96. The smallest absolute Gasteiger partial charge is 0.291 e. The number of halogens is 3. The van der Waals surface area contributed by atoms with E-state index in [1.54, 1.807) is 0 Å². The molecule has 1 aliphatic carbocycles. The van der Waals surface area contributed by atoms with E-state index in [0.717, 1.165) is 50.3 Å². The molecule has 0 fully saturated rings. The molecule has 0 aromatic carbocycles. The van der Waals surface area contributed by atoms with Gasteiger partial charge in [-0.05, 0) is 30.5 Å². The second-order valence-corrected chi connectivity index (χ2v) is 5.62. The van der Waals surface area contributed by atoms with Crippen molar-refractivity contribution in [3.05, 3.63) is 59.5 Å². The summed E-state index contributed by atoms with van der Waals surface area (Å²) in [5.74, 6) is 0. The standard InChI is InChI=1S/C17H17F3N2/c18-17(19,20)15-6-7-16(21-10-15)14-8-9-22(12-14)11-13-4-2-1-3-5-13/h1-2,4,6-8,10H,3,5,9,11-12H2. The summed E-state index contributed by atoms with van der Waals surface area (Å²) < 4.78 is 37.6. The highest BCUT2D eigenvalue weighted by Gasteiger charge is 2.31. The van der Waals surface area contributed by atoms with Crippen LogP contribution >= 0.6 is 0 Å². The molecular weight excluding hydrogens is 289 g/mol. The van der Waals surface area contributed by atoms with Crippen LogP contribution in [0.1, 0.15) is 24.1 Å². The molecule has 0 spiro atoms. The van der Waals surface area contributed by atoms with Crippen molar-refractivity contribution in [1.82, 2.24) is 9.88 Å². The SMILES string of the molecule is FC(F)(F)c1ccc(C2=CCN(CC3=CC=CCC3)C2)nc1. The maximum Gasteiger partial charge on any atom is 0.417 e. The summed E-state index contributed by atoms with van der Waals surface area (Å²) in [5.41, 5.74) is 2.33. The van der Waals surface area contributed by atoms with Crippen LogP contribution in [0.25, 0.3) is 5.57 Å². The fourth-order valence-electron chi connectivity index (χ4n) is 2.74. The van der Waals surface area contributed by atoms with E-state index in [1.807, 2.05) is 0 Å². The van der Waals surface area contributed by atoms with Crippen molar-refractivity contribution >= 4 is 5.57 Å². The average molecular weight is 306 g/mol. The highest BCUT2D eigenvalue weighted by atomic mass is 19.4. The molecule has 0 saturated carbocycles. The number of hydrogen-bond acceptors (Lipinski definition) is 2. The molecule has 116 valence electrons. The normalized spacial score (nSPS) is 19.2. The van der Waals surface area contributed by atoms with E-state index in [4.69, 9.17) is 0 Å². The van der Waals surface area contributed by atoms with E-state index in [0.29, 0.717) is 5.69 Å². The van der Waals surface area contributed by atoms with Gasteiger partial charge >= 0.3 is 6.18 Å². The number of alkyl halides is 3. The van der Waals surface area contributed by atoms with Gasteiger partial charge in [0.25, 0.3) is 0 Å². The summed E-state index contributed by atoms with van der Waals surface area (Å²) in [5, 5.41) is 0. The van der Waals surface area contributed by atoms with Crippen molar-refractivity contribution in [2.24, 2.45) is 0 Å². The molecule has 0 amide bonds. The lowest BCUT2D eigenvalue weighted by molar-refractivity contribution is -0.137. The van der Waals surface area contributed by atoms with Crippen LogP contribution in [0.4, 0.5) is 13.2 Å². The minimum atomic E-state index is -4.33. The lowest BCUT2D eigenvalue weighted by Gasteiger charge is -2.19. The summed E-state index contributed by atoms with van der Waals surface area (Å²) in [6.07, 6.45) is 7.19. The third-order valence-corrected chi connectivity index (χ3v) is 3.94. The molecule has 2 aliphatic rings. The van der Waals surface area contributed by atoms with E-state index in [2.05, 4.69) is 34.2 Å². The van der Waals surface area contributed by atoms with Crippen molar-refractivity contribution < 1.29 is 13.2 Å². The molecule has 1 aromatic rings. The maximum absolute atomic E-state index is 12.5. The summed E-state index contributed by atoms with van der Waals surface area (Å²) in [7, 11) is 0. The highest BCUT2D eigenvalue weighted by Crippen LogP contribution is 2.29. The number of aromatic nitrogens is 1. The minimum absolute atomic E-state index is 0.632. The Balaban J connectivity index is 1.62. The molecule has 0 atom stereocenters. The van der Waals surface area contributed by atoms with Gasteiger partial charge in [0, 0.05) is 25.8 Å². The first-order chi connectivity index (χ1) is 10.5. The van der Waals surface area contributed by atoms with Gasteiger partial charge in [0.05, 0.1) is 11.3 Å². The van der Waals surface area contributed by atoms with Gasteiger partial charge in [-0.3, -0.25) is 9.88 Å². The van der Waals surface area contributed by atoms with Gasteiger partial charge in [0.2, 0.25) is 0 Å². The van der Waals surface area contributed by atoms with Crippen LogP contribution in [0.2, 0.25) is 0 Å². The first-order valence-corrected chi connectivity index (χ1v) is 7.32. The Morgan fingerprint density at radius 3 is 2.73 bits per heavy atom. The van der Waals surface area contributed by atoms with Crippen LogP contribution < -0.4 is 0 Å². The summed E-state index contributed by atoms with van der Waals surface area (Å²) >= 11 is 0. The lowest BCUT2D eigenvalue weighted by atomic mass is 10.0. The molecule has 3 rings (SSSR count). The molecule has 2 nitrogen and oxygen atoms in total. The van der Waals surface area contributed by atoms with Gasteiger partial charge < -0.3 is 0 Å². The predicted molar refractivity (Wildman–Crippen MR) is 80.1 cm³/mol. The quantitative estimate of drug-likeness (QED) is 0.836. The van der Waals surface area contributed by atoms with Crippen LogP contribution in [0.5, 0.6) is 0 Å². The molecular formula is C17H17F3N2. The number of hydrogen-bond donors (Lipinski definition) is 0. The zero-order valence-corrected chi connectivity index (χ0v) is 12.1. The minimum Gasteiger partial charge on any atom is -0.291 e. The van der Waals surface area contributed by atoms with Gasteiger partial charge in [-0.1, -0.05) is 29.9 Å². The molecule has 0 radical (unpaired) electrons. The Morgan fingerprint density at radius 2 is 2.09 bits per heavy atom. The van der Waals surface area contributed by atoms with Crippen molar-refractivity contribution in [2.45, 2.75) is 19.0 Å². The van der Waals surface area contributed by atoms with E-state index in [1.165, 1.54) is 11.6 Å². The molecule has 1 aliphatic heterocycles. The van der Waals surface area contributed by atoms with Gasteiger partial charge in [-0.15, -0.1) is 0 Å². The molecule has 5 heteroatoms. The number of rotatable bonds is 3. The highest BCUT2D eigenvalue weighted by molar-refractivity contribution is 5.66. The maximum atomic E-state index is 12.5. The summed E-state index contributed by atoms with van der Waals surface area (Å²) in [6.45, 7) is 2.46. The first kappa shape index (κ1) is 15.0. The van der Waals surface area contributed by atoms with Crippen LogP contribution in [0.15, 0.2) is 48.2 Å². The zero-order valence-electron chi connectivity index (χ0n) is 12.1.